The molecule has 80 valence electrons. The Kier molecular flexibility index (Phi) is 3.28. The van der Waals surface area contributed by atoms with Gasteiger partial charge >= 0.3 is 0 Å². The molecule has 3 heteroatoms. The minimum atomic E-state index is 0.977. The van der Waals surface area contributed by atoms with Gasteiger partial charge in [0.05, 0.1) is 11.9 Å². The zero-order valence-electron chi connectivity index (χ0n) is 9.09. The van der Waals surface area contributed by atoms with Crippen LogP contribution < -0.4 is 5.43 Å². The number of hydrazone groups is 1. The van der Waals surface area contributed by atoms with Crippen LogP contribution in [-0.2, 0) is 0 Å². The van der Waals surface area contributed by atoms with Crippen molar-refractivity contribution in [3.63, 3.8) is 0 Å². The van der Waals surface area contributed by atoms with Crippen molar-refractivity contribution in [1.29, 1.82) is 0 Å². The van der Waals surface area contributed by atoms with Crippen LogP contribution >= 0.6 is 0 Å². The van der Waals surface area contributed by atoms with Gasteiger partial charge in [0, 0.05) is 18.0 Å². The van der Waals surface area contributed by atoms with E-state index in [1.165, 1.54) is 0 Å². The molecule has 0 aliphatic carbocycles. The van der Waals surface area contributed by atoms with Crippen LogP contribution in [0.15, 0.2) is 53.9 Å². The second-order valence-electron chi connectivity index (χ2n) is 3.47. The van der Waals surface area contributed by atoms with E-state index < -0.39 is 0 Å². The fourth-order valence-electron chi connectivity index (χ4n) is 1.32. The van der Waals surface area contributed by atoms with Gasteiger partial charge in [-0.3, -0.25) is 10.4 Å². The van der Waals surface area contributed by atoms with Gasteiger partial charge in [0.1, 0.15) is 0 Å². The number of benzene rings is 1. The normalized spacial score (nSPS) is 10.6. The summed E-state index contributed by atoms with van der Waals surface area (Å²) in [4.78, 5) is 4.03. The van der Waals surface area contributed by atoms with Crippen LogP contribution in [0.5, 0.6) is 0 Å². The lowest BCUT2D eigenvalue weighted by Crippen LogP contribution is -1.92. The SMILES string of the molecule is Cc1cnccc1/C=N/Nc1ccccc1. The van der Waals surface area contributed by atoms with E-state index in [4.69, 9.17) is 0 Å². The highest BCUT2D eigenvalue weighted by Crippen LogP contribution is 2.05. The molecule has 1 heterocycles. The molecule has 16 heavy (non-hydrogen) atoms. The fourth-order valence-corrected chi connectivity index (χ4v) is 1.32. The summed E-state index contributed by atoms with van der Waals surface area (Å²) in [5.41, 5.74) is 6.13. The van der Waals surface area contributed by atoms with Crippen molar-refractivity contribution in [2.75, 3.05) is 5.43 Å². The first-order valence-electron chi connectivity index (χ1n) is 5.11. The predicted octanol–water partition coefficient (Wildman–Crippen LogP) is 2.84. The van der Waals surface area contributed by atoms with Crippen molar-refractivity contribution in [3.8, 4) is 0 Å². The first-order valence-corrected chi connectivity index (χ1v) is 5.11. The topological polar surface area (TPSA) is 37.3 Å². The lowest BCUT2D eigenvalue weighted by atomic mass is 10.2. The average Bonchev–Trinajstić information content (AvgIpc) is 2.33. The van der Waals surface area contributed by atoms with Gasteiger partial charge in [0.2, 0.25) is 0 Å². The fraction of sp³-hybridized carbons (Fsp3) is 0.0769. The third kappa shape index (κ3) is 2.67. The van der Waals surface area contributed by atoms with Crippen LogP contribution in [0.2, 0.25) is 0 Å². The van der Waals surface area contributed by atoms with Crippen LogP contribution in [0.3, 0.4) is 0 Å². The minimum absolute atomic E-state index is 0.977. The van der Waals surface area contributed by atoms with Gasteiger partial charge in [0.25, 0.3) is 0 Å². The molecule has 1 N–H and O–H groups in total. The smallest absolute Gasteiger partial charge is 0.0561 e. The third-order valence-corrected chi connectivity index (χ3v) is 2.23. The number of anilines is 1. The van der Waals surface area contributed by atoms with Crippen LogP contribution in [0.25, 0.3) is 0 Å². The molecule has 2 aromatic rings. The number of rotatable bonds is 3. The van der Waals surface area contributed by atoms with E-state index in [1.807, 2.05) is 49.5 Å². The summed E-state index contributed by atoms with van der Waals surface area (Å²) in [5, 5.41) is 4.17. The summed E-state index contributed by atoms with van der Waals surface area (Å²) >= 11 is 0. The Morgan fingerprint density at radius 2 is 2.00 bits per heavy atom. The van der Waals surface area contributed by atoms with Gasteiger partial charge in [-0.25, -0.2) is 0 Å². The van der Waals surface area contributed by atoms with E-state index in [2.05, 4.69) is 15.5 Å². The van der Waals surface area contributed by atoms with Gasteiger partial charge < -0.3 is 0 Å². The predicted molar refractivity (Wildman–Crippen MR) is 66.6 cm³/mol. The van der Waals surface area contributed by atoms with Gasteiger partial charge in [0.15, 0.2) is 0 Å². The molecule has 0 unspecified atom stereocenters. The quantitative estimate of drug-likeness (QED) is 0.626. The number of hydrogen-bond acceptors (Lipinski definition) is 3. The zero-order chi connectivity index (χ0) is 11.2. The van der Waals surface area contributed by atoms with Gasteiger partial charge in [-0.2, -0.15) is 5.10 Å². The largest absolute Gasteiger partial charge is 0.279 e. The van der Waals surface area contributed by atoms with Crippen molar-refractivity contribution in [2.45, 2.75) is 6.92 Å². The Bertz CT molecular complexity index is 478. The second-order valence-corrected chi connectivity index (χ2v) is 3.47. The number of aromatic nitrogens is 1. The molecule has 0 atom stereocenters. The first-order chi connectivity index (χ1) is 7.86. The van der Waals surface area contributed by atoms with Crippen LogP contribution in [0.4, 0.5) is 5.69 Å². The molecule has 0 amide bonds. The van der Waals surface area contributed by atoms with Gasteiger partial charge in [-0.05, 0) is 30.7 Å². The van der Waals surface area contributed by atoms with Crippen molar-refractivity contribution >= 4 is 11.9 Å². The Balaban J connectivity index is 2.03. The summed E-state index contributed by atoms with van der Waals surface area (Å²) in [6, 6.07) is 11.8. The van der Waals surface area contributed by atoms with E-state index in [0.29, 0.717) is 0 Å². The van der Waals surface area contributed by atoms with E-state index >= 15 is 0 Å². The maximum Gasteiger partial charge on any atom is 0.0561 e. The average molecular weight is 211 g/mol. The summed E-state index contributed by atoms with van der Waals surface area (Å²) in [6.45, 7) is 2.01. The highest BCUT2D eigenvalue weighted by molar-refractivity contribution is 5.81. The zero-order valence-corrected chi connectivity index (χ0v) is 9.09. The first kappa shape index (κ1) is 10.4. The van der Waals surface area contributed by atoms with E-state index in [1.54, 1.807) is 12.4 Å². The van der Waals surface area contributed by atoms with Crippen molar-refractivity contribution < 1.29 is 0 Å². The standard InChI is InChI=1S/C13H13N3/c1-11-9-14-8-7-12(11)10-15-16-13-5-3-2-4-6-13/h2-10,16H,1H3/b15-10+. The Hall–Kier alpha value is -2.16. The van der Waals surface area contributed by atoms with E-state index in [9.17, 15) is 0 Å². The summed E-state index contributed by atoms with van der Waals surface area (Å²) < 4.78 is 0. The molecule has 0 saturated carbocycles. The monoisotopic (exact) mass is 211 g/mol. The highest BCUT2D eigenvalue weighted by atomic mass is 15.3. The number of nitrogens with zero attached hydrogens (tertiary/aromatic N) is 2. The number of aryl methyl sites for hydroxylation is 1. The Morgan fingerprint density at radius 1 is 1.19 bits per heavy atom. The van der Waals surface area contributed by atoms with Gasteiger partial charge in [-0.1, -0.05) is 18.2 Å². The summed E-state index contributed by atoms with van der Waals surface area (Å²) in [5.74, 6) is 0. The second kappa shape index (κ2) is 5.07. The molecule has 0 saturated heterocycles. The third-order valence-electron chi connectivity index (χ3n) is 2.23. The highest BCUT2D eigenvalue weighted by Gasteiger charge is 1.92. The lowest BCUT2D eigenvalue weighted by Gasteiger charge is -2.00. The maximum atomic E-state index is 4.17. The van der Waals surface area contributed by atoms with Crippen molar-refractivity contribution in [2.24, 2.45) is 5.10 Å². The molecule has 0 spiro atoms. The minimum Gasteiger partial charge on any atom is -0.279 e. The van der Waals surface area contributed by atoms with Gasteiger partial charge in [-0.15, -0.1) is 0 Å². The lowest BCUT2D eigenvalue weighted by molar-refractivity contribution is 1.25. The van der Waals surface area contributed by atoms with E-state index in [0.717, 1.165) is 16.8 Å². The Morgan fingerprint density at radius 3 is 2.75 bits per heavy atom. The number of pyridine rings is 1. The molecule has 1 aromatic heterocycles. The van der Waals surface area contributed by atoms with Crippen molar-refractivity contribution in [3.05, 3.63) is 59.9 Å². The van der Waals surface area contributed by atoms with Crippen molar-refractivity contribution in [1.82, 2.24) is 4.98 Å². The molecule has 0 bridgehead atoms. The molecule has 1 aromatic carbocycles. The van der Waals surface area contributed by atoms with Crippen LogP contribution in [-0.4, -0.2) is 11.2 Å². The molecule has 0 aliphatic heterocycles. The number of hydrogen-bond donors (Lipinski definition) is 1. The number of nitrogens with one attached hydrogen (secondary N) is 1. The van der Waals surface area contributed by atoms with Crippen LogP contribution in [0, 0.1) is 6.92 Å². The summed E-state index contributed by atoms with van der Waals surface area (Å²) in [6.07, 6.45) is 5.38. The molecule has 0 fully saturated rings. The molecule has 0 radical (unpaired) electrons. The molecule has 3 nitrogen and oxygen atoms in total. The molecular weight excluding hydrogens is 198 g/mol. The Labute approximate surface area is 94.9 Å². The van der Waals surface area contributed by atoms with Crippen LogP contribution in [0.1, 0.15) is 11.1 Å². The molecule has 0 aliphatic rings. The van der Waals surface area contributed by atoms with E-state index in [-0.39, 0.29) is 0 Å². The number of para-hydroxylation sites is 1. The summed E-state index contributed by atoms with van der Waals surface area (Å²) in [7, 11) is 0. The molecular formula is C13H13N3. The maximum absolute atomic E-state index is 4.17. The molecule has 2 rings (SSSR count).